The number of hydrogen-bond donors (Lipinski definition) is 1. The van der Waals surface area contributed by atoms with Crippen molar-refractivity contribution in [1.29, 1.82) is 0 Å². The molecule has 1 fully saturated rings. The number of ether oxygens (including phenoxy) is 2. The lowest BCUT2D eigenvalue weighted by Gasteiger charge is -2.27. The molecular formula is C12H26N2O2. The van der Waals surface area contributed by atoms with Crippen molar-refractivity contribution in [1.82, 2.24) is 10.2 Å². The highest BCUT2D eigenvalue weighted by Gasteiger charge is 2.15. The smallest absolute Gasteiger partial charge is 0.0644 e. The number of methoxy groups -OCH3 is 1. The van der Waals surface area contributed by atoms with Crippen LogP contribution in [-0.2, 0) is 9.47 Å². The minimum absolute atomic E-state index is 0.0605. The molecule has 1 saturated heterocycles. The molecule has 1 N–H and O–H groups in total. The average Bonchev–Trinajstić information content (AvgIpc) is 2.30. The van der Waals surface area contributed by atoms with Gasteiger partial charge in [0.2, 0.25) is 0 Å². The van der Waals surface area contributed by atoms with Crippen LogP contribution >= 0.6 is 0 Å². The van der Waals surface area contributed by atoms with Gasteiger partial charge < -0.3 is 14.8 Å². The molecule has 4 nitrogen and oxygen atoms in total. The normalized spacial score (nSPS) is 18.9. The minimum Gasteiger partial charge on any atom is -0.380 e. The maximum absolute atomic E-state index is 5.63. The first kappa shape index (κ1) is 13.9. The molecule has 0 aliphatic carbocycles. The van der Waals surface area contributed by atoms with E-state index in [9.17, 15) is 0 Å². The van der Waals surface area contributed by atoms with Gasteiger partial charge in [0.1, 0.15) is 0 Å². The average molecular weight is 230 g/mol. The van der Waals surface area contributed by atoms with Gasteiger partial charge in [-0.05, 0) is 20.3 Å². The van der Waals surface area contributed by atoms with Crippen molar-refractivity contribution >= 4 is 0 Å². The summed E-state index contributed by atoms with van der Waals surface area (Å²) in [6.07, 6.45) is 0.949. The summed E-state index contributed by atoms with van der Waals surface area (Å²) in [6.45, 7) is 11.4. The third-order valence-corrected chi connectivity index (χ3v) is 3.16. The molecule has 96 valence electrons. The Morgan fingerprint density at radius 3 is 2.50 bits per heavy atom. The quantitative estimate of drug-likeness (QED) is 0.654. The summed E-state index contributed by atoms with van der Waals surface area (Å²) in [6, 6.07) is 0. The van der Waals surface area contributed by atoms with Crippen molar-refractivity contribution in [2.24, 2.45) is 0 Å². The Kier molecular flexibility index (Phi) is 6.28. The zero-order valence-electron chi connectivity index (χ0n) is 10.9. The molecule has 0 aromatic carbocycles. The molecule has 1 rings (SSSR count). The van der Waals surface area contributed by atoms with Gasteiger partial charge in [0.25, 0.3) is 0 Å². The standard InChI is InChI=1S/C12H26N2O2/c1-12(2,15-3)4-10-16-11-9-14-7-5-13-6-8-14/h13H,4-11H2,1-3H3. The summed E-state index contributed by atoms with van der Waals surface area (Å²) < 4.78 is 11.0. The van der Waals surface area contributed by atoms with E-state index in [-0.39, 0.29) is 5.60 Å². The Morgan fingerprint density at radius 2 is 1.88 bits per heavy atom. The molecule has 0 unspecified atom stereocenters. The van der Waals surface area contributed by atoms with E-state index in [1.807, 2.05) is 0 Å². The van der Waals surface area contributed by atoms with Crippen LogP contribution in [0.3, 0.4) is 0 Å². The molecule has 1 aliphatic heterocycles. The Bertz CT molecular complexity index is 180. The molecule has 0 bridgehead atoms. The van der Waals surface area contributed by atoms with Gasteiger partial charge in [-0.2, -0.15) is 0 Å². The molecular weight excluding hydrogens is 204 g/mol. The van der Waals surface area contributed by atoms with Gasteiger partial charge in [0.05, 0.1) is 12.2 Å². The Labute approximate surface area is 99.3 Å². The van der Waals surface area contributed by atoms with Crippen molar-refractivity contribution in [3.05, 3.63) is 0 Å². The van der Waals surface area contributed by atoms with E-state index >= 15 is 0 Å². The Balaban J connectivity index is 1.95. The lowest BCUT2D eigenvalue weighted by Crippen LogP contribution is -2.44. The van der Waals surface area contributed by atoms with E-state index in [1.165, 1.54) is 0 Å². The predicted octanol–water partition coefficient (Wildman–Crippen LogP) is 0.723. The molecule has 0 spiro atoms. The van der Waals surface area contributed by atoms with E-state index in [0.717, 1.165) is 52.4 Å². The number of nitrogens with zero attached hydrogens (tertiary/aromatic N) is 1. The highest BCUT2D eigenvalue weighted by molar-refractivity contribution is 4.68. The van der Waals surface area contributed by atoms with E-state index in [1.54, 1.807) is 7.11 Å². The first-order valence-corrected chi connectivity index (χ1v) is 6.20. The Hall–Kier alpha value is -0.160. The van der Waals surface area contributed by atoms with Crippen LogP contribution in [0.4, 0.5) is 0 Å². The first-order valence-electron chi connectivity index (χ1n) is 6.20. The highest BCUT2D eigenvalue weighted by Crippen LogP contribution is 2.12. The Morgan fingerprint density at radius 1 is 1.19 bits per heavy atom. The van der Waals surface area contributed by atoms with Gasteiger partial charge in [0, 0.05) is 46.4 Å². The van der Waals surface area contributed by atoms with Crippen LogP contribution in [-0.4, -0.2) is 63.5 Å². The van der Waals surface area contributed by atoms with E-state index in [4.69, 9.17) is 9.47 Å². The lowest BCUT2D eigenvalue weighted by atomic mass is 10.1. The molecule has 4 heteroatoms. The summed E-state index contributed by atoms with van der Waals surface area (Å²) in [4.78, 5) is 2.44. The molecule has 1 aliphatic rings. The van der Waals surface area contributed by atoms with Crippen LogP contribution in [0.5, 0.6) is 0 Å². The molecule has 0 amide bonds. The molecule has 0 aromatic heterocycles. The van der Waals surface area contributed by atoms with E-state index in [2.05, 4.69) is 24.1 Å². The lowest BCUT2D eigenvalue weighted by molar-refractivity contribution is -0.0122. The fraction of sp³-hybridized carbons (Fsp3) is 1.00. The van der Waals surface area contributed by atoms with Crippen molar-refractivity contribution < 1.29 is 9.47 Å². The summed E-state index contributed by atoms with van der Waals surface area (Å²) >= 11 is 0. The second-order valence-corrected chi connectivity index (χ2v) is 4.92. The van der Waals surface area contributed by atoms with Crippen LogP contribution < -0.4 is 5.32 Å². The minimum atomic E-state index is -0.0605. The molecule has 0 radical (unpaired) electrons. The van der Waals surface area contributed by atoms with Crippen molar-refractivity contribution in [2.75, 3.05) is 53.0 Å². The van der Waals surface area contributed by atoms with Gasteiger partial charge in [0.15, 0.2) is 0 Å². The van der Waals surface area contributed by atoms with Gasteiger partial charge in [-0.3, -0.25) is 4.90 Å². The van der Waals surface area contributed by atoms with Crippen molar-refractivity contribution in [3.63, 3.8) is 0 Å². The monoisotopic (exact) mass is 230 g/mol. The van der Waals surface area contributed by atoms with E-state index < -0.39 is 0 Å². The van der Waals surface area contributed by atoms with E-state index in [0.29, 0.717) is 0 Å². The second-order valence-electron chi connectivity index (χ2n) is 4.92. The molecule has 1 heterocycles. The topological polar surface area (TPSA) is 33.7 Å². The third-order valence-electron chi connectivity index (χ3n) is 3.16. The summed E-state index contributed by atoms with van der Waals surface area (Å²) in [5.41, 5.74) is -0.0605. The molecule has 0 saturated carbocycles. The van der Waals surface area contributed by atoms with Crippen molar-refractivity contribution in [3.8, 4) is 0 Å². The molecule has 16 heavy (non-hydrogen) atoms. The van der Waals surface area contributed by atoms with Crippen LogP contribution in [0.25, 0.3) is 0 Å². The zero-order valence-corrected chi connectivity index (χ0v) is 10.9. The zero-order chi connectivity index (χ0) is 11.9. The number of nitrogens with one attached hydrogen (secondary N) is 1. The van der Waals surface area contributed by atoms with Crippen molar-refractivity contribution in [2.45, 2.75) is 25.9 Å². The van der Waals surface area contributed by atoms with Crippen LogP contribution in [0.1, 0.15) is 20.3 Å². The predicted molar refractivity (Wildman–Crippen MR) is 65.8 cm³/mol. The maximum Gasteiger partial charge on any atom is 0.0644 e. The van der Waals surface area contributed by atoms with Crippen LogP contribution in [0, 0.1) is 0 Å². The van der Waals surface area contributed by atoms with Gasteiger partial charge in [-0.1, -0.05) is 0 Å². The number of piperazine rings is 1. The van der Waals surface area contributed by atoms with Crippen LogP contribution in [0.2, 0.25) is 0 Å². The highest BCUT2D eigenvalue weighted by atomic mass is 16.5. The molecule has 0 aromatic rings. The second kappa shape index (κ2) is 7.22. The maximum atomic E-state index is 5.63. The summed E-state index contributed by atoms with van der Waals surface area (Å²) in [5, 5.41) is 3.34. The fourth-order valence-corrected chi connectivity index (χ4v) is 1.65. The van der Waals surface area contributed by atoms with Gasteiger partial charge in [-0.15, -0.1) is 0 Å². The van der Waals surface area contributed by atoms with Crippen LogP contribution in [0.15, 0.2) is 0 Å². The summed E-state index contributed by atoms with van der Waals surface area (Å²) in [5.74, 6) is 0. The third kappa shape index (κ3) is 5.80. The summed E-state index contributed by atoms with van der Waals surface area (Å²) in [7, 11) is 1.75. The molecule has 0 atom stereocenters. The number of rotatable bonds is 7. The fourth-order valence-electron chi connectivity index (χ4n) is 1.65. The number of hydrogen-bond acceptors (Lipinski definition) is 4. The first-order chi connectivity index (χ1) is 7.64. The SMILES string of the molecule is COC(C)(C)CCOCCN1CCNCC1. The van der Waals surface area contributed by atoms with Gasteiger partial charge >= 0.3 is 0 Å². The largest absolute Gasteiger partial charge is 0.380 e. The van der Waals surface area contributed by atoms with Gasteiger partial charge in [-0.25, -0.2) is 0 Å².